The summed E-state index contributed by atoms with van der Waals surface area (Å²) in [4.78, 5) is 0. The lowest BCUT2D eigenvalue weighted by atomic mass is 9.72. The molecule has 0 aromatic rings. The number of hydrogen-bond donors (Lipinski definition) is 0. The molecule has 0 N–H and O–H groups in total. The van der Waals surface area contributed by atoms with E-state index in [4.69, 9.17) is 13.2 Å². The summed E-state index contributed by atoms with van der Waals surface area (Å²) < 4.78 is 0. The van der Waals surface area contributed by atoms with Gasteiger partial charge in [0.2, 0.25) is 0 Å². The van der Waals surface area contributed by atoms with E-state index in [0.29, 0.717) is 0 Å². The third kappa shape index (κ3) is 37.9. The molecule has 0 aliphatic heterocycles. The third-order valence-electron chi connectivity index (χ3n) is 17.0. The Labute approximate surface area is 433 Å². The van der Waals surface area contributed by atoms with Crippen LogP contribution in [0.1, 0.15) is 351 Å². The normalized spacial score (nSPS) is 18.2. The molecule has 2 rings (SSSR count). The van der Waals surface area contributed by atoms with Crippen LogP contribution in [-0.2, 0) is 0 Å². The first-order valence-electron chi connectivity index (χ1n) is 32.1. The SMILES string of the molecule is C=C(CCC(C(C)CC(=C)CC(CCCCCCCCC)CCCCCCCCC)C1CC(CCCCC)C2CC21)CC(CCCCCCCCC)CCCCCCCCC.C=CC.CCCC. The molecule has 0 bridgehead atoms. The Morgan fingerprint density at radius 3 is 1.12 bits per heavy atom. The van der Waals surface area contributed by atoms with Crippen LogP contribution in [0.25, 0.3) is 0 Å². The van der Waals surface area contributed by atoms with Crippen molar-refractivity contribution in [3.05, 3.63) is 37.0 Å². The fraction of sp³-hybridized carbons (Fsp3) is 0.912. The minimum absolute atomic E-state index is 0.773. The molecule has 404 valence electrons. The Hall–Kier alpha value is -0.780. The van der Waals surface area contributed by atoms with Gasteiger partial charge in [-0.3, -0.25) is 0 Å². The molecule has 0 radical (unpaired) electrons. The fourth-order valence-electron chi connectivity index (χ4n) is 12.6. The van der Waals surface area contributed by atoms with Crippen molar-refractivity contribution in [3.8, 4) is 0 Å². The Bertz CT molecular complexity index is 1030. The number of unbranched alkanes of at least 4 members (excludes halogenated alkanes) is 27. The van der Waals surface area contributed by atoms with Gasteiger partial charge >= 0.3 is 0 Å². The van der Waals surface area contributed by atoms with Crippen molar-refractivity contribution in [2.24, 2.45) is 47.3 Å². The average molecular weight is 950 g/mol. The fourth-order valence-corrected chi connectivity index (χ4v) is 12.6. The lowest BCUT2D eigenvalue weighted by molar-refractivity contribution is 0.192. The highest BCUT2D eigenvalue weighted by atomic mass is 14.6. The smallest absolute Gasteiger partial charge is 0.0294 e. The molecule has 0 aromatic heterocycles. The van der Waals surface area contributed by atoms with Gasteiger partial charge in [0.15, 0.2) is 0 Å². The molecule has 2 aliphatic carbocycles. The first kappa shape index (κ1) is 67.2. The summed E-state index contributed by atoms with van der Waals surface area (Å²) >= 11 is 0. The lowest BCUT2D eigenvalue weighted by Crippen LogP contribution is -2.24. The molecule has 0 saturated heterocycles. The van der Waals surface area contributed by atoms with Gasteiger partial charge in [0, 0.05) is 0 Å². The van der Waals surface area contributed by atoms with E-state index in [1.165, 1.54) is 276 Å². The second kappa shape index (κ2) is 49.8. The maximum Gasteiger partial charge on any atom is -0.0294 e. The maximum absolute atomic E-state index is 4.92. The van der Waals surface area contributed by atoms with Crippen LogP contribution in [0.3, 0.4) is 0 Å². The van der Waals surface area contributed by atoms with E-state index in [0.717, 1.165) is 47.3 Å². The molecule has 0 spiro atoms. The second-order valence-corrected chi connectivity index (χ2v) is 23.8. The predicted octanol–water partition coefficient (Wildman–Crippen LogP) is 24.9. The Kier molecular flexibility index (Phi) is 49.2. The van der Waals surface area contributed by atoms with Gasteiger partial charge in [-0.05, 0) is 99.2 Å². The highest BCUT2D eigenvalue weighted by molar-refractivity contribution is 5.07. The summed E-state index contributed by atoms with van der Waals surface area (Å²) in [5.41, 5.74) is 3.22. The van der Waals surface area contributed by atoms with E-state index in [9.17, 15) is 0 Å². The van der Waals surface area contributed by atoms with E-state index in [1.807, 2.05) is 6.92 Å². The Morgan fingerprint density at radius 2 is 0.750 bits per heavy atom. The van der Waals surface area contributed by atoms with Crippen LogP contribution < -0.4 is 0 Å². The molecular formula is C68H132. The number of allylic oxidation sites excluding steroid dienone is 3. The van der Waals surface area contributed by atoms with Gasteiger partial charge < -0.3 is 0 Å². The van der Waals surface area contributed by atoms with Gasteiger partial charge in [0.1, 0.15) is 0 Å². The van der Waals surface area contributed by atoms with Gasteiger partial charge in [-0.15, -0.1) is 6.58 Å². The average Bonchev–Trinajstić information content (AvgIpc) is 4.05. The second-order valence-electron chi connectivity index (χ2n) is 23.8. The number of rotatable bonds is 48. The van der Waals surface area contributed by atoms with Crippen molar-refractivity contribution in [2.45, 2.75) is 351 Å². The van der Waals surface area contributed by atoms with Gasteiger partial charge in [-0.2, -0.15) is 0 Å². The topological polar surface area (TPSA) is 0 Å². The summed E-state index contributed by atoms with van der Waals surface area (Å²) in [5.74, 6) is 7.51. The van der Waals surface area contributed by atoms with Crippen LogP contribution in [0.5, 0.6) is 0 Å². The van der Waals surface area contributed by atoms with Crippen molar-refractivity contribution >= 4 is 0 Å². The Morgan fingerprint density at radius 1 is 0.412 bits per heavy atom. The largest absolute Gasteiger partial charge is 0.103 e. The molecule has 2 saturated carbocycles. The molecule has 2 fully saturated rings. The van der Waals surface area contributed by atoms with Crippen LogP contribution in [0.4, 0.5) is 0 Å². The lowest BCUT2D eigenvalue weighted by Gasteiger charge is -2.33. The van der Waals surface area contributed by atoms with E-state index < -0.39 is 0 Å². The molecular weight excluding hydrogens is 817 g/mol. The maximum atomic E-state index is 4.92. The zero-order valence-electron chi connectivity index (χ0n) is 49.1. The van der Waals surface area contributed by atoms with E-state index >= 15 is 0 Å². The quantitative estimate of drug-likeness (QED) is 0.0421. The molecule has 0 aromatic carbocycles. The molecule has 6 atom stereocenters. The minimum atomic E-state index is 0.773. The predicted molar refractivity (Wildman–Crippen MR) is 315 cm³/mol. The highest BCUT2D eigenvalue weighted by Crippen LogP contribution is 2.63. The van der Waals surface area contributed by atoms with Gasteiger partial charge in [-0.25, -0.2) is 0 Å². The van der Waals surface area contributed by atoms with E-state index in [-0.39, 0.29) is 0 Å². The molecule has 0 amide bonds. The summed E-state index contributed by atoms with van der Waals surface area (Å²) in [6.45, 7) is 33.9. The van der Waals surface area contributed by atoms with Crippen molar-refractivity contribution in [2.75, 3.05) is 0 Å². The summed E-state index contributed by atoms with van der Waals surface area (Å²) in [6, 6.07) is 0. The van der Waals surface area contributed by atoms with E-state index in [2.05, 4.69) is 62.0 Å². The van der Waals surface area contributed by atoms with Crippen LogP contribution >= 0.6 is 0 Å². The monoisotopic (exact) mass is 949 g/mol. The van der Waals surface area contributed by atoms with Crippen molar-refractivity contribution in [1.29, 1.82) is 0 Å². The molecule has 2 aliphatic rings. The van der Waals surface area contributed by atoms with Crippen molar-refractivity contribution < 1.29 is 0 Å². The van der Waals surface area contributed by atoms with Crippen LogP contribution in [0, 0.1) is 47.3 Å². The molecule has 0 heteroatoms. The summed E-state index contributed by atoms with van der Waals surface area (Å²) in [7, 11) is 0. The minimum Gasteiger partial charge on any atom is -0.103 e. The van der Waals surface area contributed by atoms with Gasteiger partial charge in [0.25, 0.3) is 0 Å². The van der Waals surface area contributed by atoms with Crippen molar-refractivity contribution in [1.82, 2.24) is 0 Å². The molecule has 0 heterocycles. The zero-order valence-corrected chi connectivity index (χ0v) is 49.1. The van der Waals surface area contributed by atoms with Gasteiger partial charge in [0.05, 0.1) is 0 Å². The van der Waals surface area contributed by atoms with E-state index in [1.54, 1.807) is 30.1 Å². The first-order valence-corrected chi connectivity index (χ1v) is 32.1. The van der Waals surface area contributed by atoms with Crippen LogP contribution in [-0.4, -0.2) is 0 Å². The van der Waals surface area contributed by atoms with Crippen LogP contribution in [0.2, 0.25) is 0 Å². The third-order valence-corrected chi connectivity index (χ3v) is 17.0. The standard InChI is InChI=1S/C61H116.C4H10.C3H6/c1-9-14-19-23-27-31-36-40-55(41-37-32-28-24-20-15-10-2)48-52(6)45-46-58(60-50-57(44-35-18-13-5)59-51-61(59)60)54(8)47-53(7)49-56(42-38-33-29-25-21-16-11-3)43-39-34-30-26-22-17-12-4;1-3-4-2;1-3-2/h54-61H,6-7,9-51H2,1-5,8H3;3-4H2,1-2H3;3H,1H2,2H3. The Balaban J connectivity index is 0.00000599. The highest BCUT2D eigenvalue weighted by Gasteiger charge is 2.55. The van der Waals surface area contributed by atoms with Crippen molar-refractivity contribution in [3.63, 3.8) is 0 Å². The number of fused-ring (bicyclic) bond motifs is 1. The first-order chi connectivity index (χ1) is 33.2. The number of hydrogen-bond acceptors (Lipinski definition) is 0. The molecule has 68 heavy (non-hydrogen) atoms. The summed E-state index contributed by atoms with van der Waals surface area (Å²) in [6.07, 6.45) is 65.9. The van der Waals surface area contributed by atoms with Crippen LogP contribution in [0.15, 0.2) is 37.0 Å². The summed E-state index contributed by atoms with van der Waals surface area (Å²) in [5, 5.41) is 0. The molecule has 0 nitrogen and oxygen atoms in total. The zero-order chi connectivity index (χ0) is 50.3. The van der Waals surface area contributed by atoms with Gasteiger partial charge in [-0.1, -0.05) is 330 Å². The molecule has 6 unspecified atom stereocenters.